The number of aromatic nitrogens is 2. The monoisotopic (exact) mass is 398 g/mol. The van der Waals surface area contributed by atoms with E-state index in [-0.39, 0.29) is 12.1 Å². The summed E-state index contributed by atoms with van der Waals surface area (Å²) in [5.41, 5.74) is 3.32. The highest BCUT2D eigenvalue weighted by atomic mass is 16.5. The lowest BCUT2D eigenvalue weighted by atomic mass is 10.1. The van der Waals surface area contributed by atoms with E-state index in [2.05, 4.69) is 11.9 Å². The molecule has 0 aliphatic rings. The van der Waals surface area contributed by atoms with E-state index < -0.39 is 5.91 Å². The van der Waals surface area contributed by atoms with Crippen molar-refractivity contribution >= 4 is 12.0 Å². The second-order valence-electron chi connectivity index (χ2n) is 6.51. The highest BCUT2D eigenvalue weighted by Crippen LogP contribution is 2.26. The van der Waals surface area contributed by atoms with E-state index in [1.807, 2.05) is 66.9 Å². The fraction of sp³-hybridized carbons (Fsp3) is 0.125. The minimum absolute atomic E-state index is 0.00544. The van der Waals surface area contributed by atoms with Crippen molar-refractivity contribution in [3.63, 3.8) is 0 Å². The van der Waals surface area contributed by atoms with Crippen LogP contribution in [0.5, 0.6) is 5.75 Å². The van der Waals surface area contributed by atoms with Crippen LogP contribution in [0, 0.1) is 11.3 Å². The number of nitrogens with zero attached hydrogens (tertiary/aromatic N) is 3. The molecule has 1 heterocycles. The predicted octanol–water partition coefficient (Wildman–Crippen LogP) is 3.82. The number of methoxy groups -OCH3 is 1. The Hall–Kier alpha value is -4.11. The van der Waals surface area contributed by atoms with Gasteiger partial charge in [-0.1, -0.05) is 36.4 Å². The van der Waals surface area contributed by atoms with Crippen LogP contribution < -0.4 is 10.1 Å². The smallest absolute Gasteiger partial charge is 0.262 e. The molecule has 1 aromatic heterocycles. The maximum atomic E-state index is 12.3. The van der Waals surface area contributed by atoms with Crippen molar-refractivity contribution < 1.29 is 9.53 Å². The summed E-state index contributed by atoms with van der Waals surface area (Å²) >= 11 is 0. The molecule has 150 valence electrons. The molecule has 0 saturated carbocycles. The van der Waals surface area contributed by atoms with Crippen molar-refractivity contribution in [2.24, 2.45) is 0 Å². The summed E-state index contributed by atoms with van der Waals surface area (Å²) in [6, 6.07) is 19.4. The number of nitrogens with one attached hydrogen (secondary N) is 1. The number of carbonyl (C=O) groups is 1. The van der Waals surface area contributed by atoms with Crippen LogP contribution in [0.15, 0.2) is 79.0 Å². The molecule has 1 N–H and O–H groups in total. The fourth-order valence-corrected chi connectivity index (χ4v) is 2.93. The Morgan fingerprint density at radius 2 is 1.97 bits per heavy atom. The third kappa shape index (κ3) is 5.03. The molecule has 0 fully saturated rings. The molecule has 0 atom stereocenters. The van der Waals surface area contributed by atoms with Gasteiger partial charge < -0.3 is 10.1 Å². The molecule has 0 aliphatic carbocycles. The third-order valence-corrected chi connectivity index (χ3v) is 4.41. The Bertz CT molecular complexity index is 1090. The van der Waals surface area contributed by atoms with Gasteiger partial charge in [-0.25, -0.2) is 0 Å². The van der Waals surface area contributed by atoms with Gasteiger partial charge in [0, 0.05) is 23.9 Å². The number of carbonyl (C=O) groups excluding carboxylic acids is 1. The molecule has 30 heavy (non-hydrogen) atoms. The largest absolute Gasteiger partial charge is 0.497 e. The van der Waals surface area contributed by atoms with Gasteiger partial charge in [-0.2, -0.15) is 10.4 Å². The normalized spacial score (nSPS) is 10.9. The van der Waals surface area contributed by atoms with Crippen molar-refractivity contribution in [3.05, 3.63) is 90.1 Å². The van der Waals surface area contributed by atoms with Crippen molar-refractivity contribution in [2.45, 2.75) is 6.54 Å². The molecular weight excluding hydrogens is 376 g/mol. The van der Waals surface area contributed by atoms with Gasteiger partial charge in [-0.15, -0.1) is 6.58 Å². The number of benzene rings is 2. The molecule has 3 rings (SSSR count). The summed E-state index contributed by atoms with van der Waals surface area (Å²) in [6.45, 7) is 4.43. The Kier molecular flexibility index (Phi) is 6.80. The number of hydrogen-bond donors (Lipinski definition) is 1. The summed E-state index contributed by atoms with van der Waals surface area (Å²) in [6.07, 6.45) is 4.96. The number of ether oxygens (including phenoxy) is 1. The molecule has 6 heteroatoms. The van der Waals surface area contributed by atoms with Crippen LogP contribution in [0.3, 0.4) is 0 Å². The third-order valence-electron chi connectivity index (χ3n) is 4.41. The van der Waals surface area contributed by atoms with Gasteiger partial charge in [0.15, 0.2) is 0 Å². The van der Waals surface area contributed by atoms with Gasteiger partial charge in [0.05, 0.1) is 19.3 Å². The molecule has 0 unspecified atom stereocenters. The zero-order chi connectivity index (χ0) is 21.3. The highest BCUT2D eigenvalue weighted by molar-refractivity contribution is 6.02. The van der Waals surface area contributed by atoms with Gasteiger partial charge in [-0.3, -0.25) is 9.48 Å². The highest BCUT2D eigenvalue weighted by Gasteiger charge is 2.14. The Balaban J connectivity index is 2.02. The van der Waals surface area contributed by atoms with Crippen LogP contribution in [-0.2, 0) is 11.3 Å². The molecule has 6 nitrogen and oxygen atoms in total. The van der Waals surface area contributed by atoms with Crippen molar-refractivity contribution in [2.75, 3.05) is 13.7 Å². The first-order valence-electron chi connectivity index (χ1n) is 9.41. The van der Waals surface area contributed by atoms with Crippen LogP contribution >= 0.6 is 0 Å². The summed E-state index contributed by atoms with van der Waals surface area (Å²) < 4.78 is 7.03. The van der Waals surface area contributed by atoms with E-state index in [9.17, 15) is 10.1 Å². The molecule has 0 aliphatic heterocycles. The first-order chi connectivity index (χ1) is 14.6. The second kappa shape index (κ2) is 9.89. The summed E-state index contributed by atoms with van der Waals surface area (Å²) in [4.78, 5) is 12.3. The Morgan fingerprint density at radius 1 is 1.23 bits per heavy atom. The number of hydrogen-bond acceptors (Lipinski definition) is 4. The lowest BCUT2D eigenvalue weighted by Gasteiger charge is -2.03. The number of nitriles is 1. The van der Waals surface area contributed by atoms with Crippen molar-refractivity contribution in [3.8, 4) is 23.1 Å². The average molecular weight is 398 g/mol. The minimum Gasteiger partial charge on any atom is -0.497 e. The van der Waals surface area contributed by atoms with Crippen LogP contribution in [-0.4, -0.2) is 29.3 Å². The molecule has 2 aromatic carbocycles. The van der Waals surface area contributed by atoms with Crippen molar-refractivity contribution in [1.82, 2.24) is 15.1 Å². The van der Waals surface area contributed by atoms with Crippen LogP contribution in [0.25, 0.3) is 17.3 Å². The van der Waals surface area contributed by atoms with E-state index >= 15 is 0 Å². The van der Waals surface area contributed by atoms with Gasteiger partial charge in [0.25, 0.3) is 5.91 Å². The molecule has 0 bridgehead atoms. The van der Waals surface area contributed by atoms with Crippen LogP contribution in [0.2, 0.25) is 0 Å². The van der Waals surface area contributed by atoms with Gasteiger partial charge in [0.1, 0.15) is 17.4 Å². The molecule has 0 saturated heterocycles. The van der Waals surface area contributed by atoms with E-state index in [0.29, 0.717) is 17.8 Å². The molecule has 0 spiro atoms. The molecule has 3 aromatic rings. The second-order valence-corrected chi connectivity index (χ2v) is 6.51. The summed E-state index contributed by atoms with van der Waals surface area (Å²) in [5, 5.41) is 16.8. The number of amides is 1. The predicted molar refractivity (Wildman–Crippen MR) is 117 cm³/mol. The minimum atomic E-state index is -0.450. The van der Waals surface area contributed by atoms with Crippen molar-refractivity contribution in [1.29, 1.82) is 5.26 Å². The van der Waals surface area contributed by atoms with Gasteiger partial charge in [-0.05, 0) is 35.9 Å². The lowest BCUT2D eigenvalue weighted by Crippen LogP contribution is -2.24. The summed E-state index contributed by atoms with van der Waals surface area (Å²) in [5.74, 6) is 0.287. The quantitative estimate of drug-likeness (QED) is 0.355. The molecule has 0 radical (unpaired) electrons. The number of rotatable bonds is 8. The van der Waals surface area contributed by atoms with E-state index in [4.69, 9.17) is 9.84 Å². The maximum absolute atomic E-state index is 12.3. The lowest BCUT2D eigenvalue weighted by molar-refractivity contribution is -0.116. The van der Waals surface area contributed by atoms with E-state index in [1.54, 1.807) is 23.9 Å². The molecular formula is C24H22N4O2. The van der Waals surface area contributed by atoms with Crippen LogP contribution in [0.1, 0.15) is 11.1 Å². The van der Waals surface area contributed by atoms with Crippen LogP contribution in [0.4, 0.5) is 0 Å². The zero-order valence-corrected chi connectivity index (χ0v) is 16.7. The van der Waals surface area contributed by atoms with E-state index in [1.165, 1.54) is 0 Å². The Morgan fingerprint density at radius 3 is 2.60 bits per heavy atom. The standard InChI is InChI=1S/C24H22N4O2/c1-3-13-26-24(29)20(15-25)14-21-17-28(16-18-7-5-4-6-8-18)27-23(21)19-9-11-22(30-2)12-10-19/h3-12,14,17H,1,13,16H2,2H3,(H,26,29)/b20-14+. The first kappa shape index (κ1) is 20.6. The summed E-state index contributed by atoms with van der Waals surface area (Å²) in [7, 11) is 1.61. The SMILES string of the molecule is C=CCNC(=O)/C(C#N)=C/c1cn(Cc2ccccc2)nc1-c1ccc(OC)cc1. The topological polar surface area (TPSA) is 79.9 Å². The first-order valence-corrected chi connectivity index (χ1v) is 9.41. The average Bonchev–Trinajstić information content (AvgIpc) is 3.18. The molecule has 1 amide bonds. The maximum Gasteiger partial charge on any atom is 0.262 e. The van der Waals surface area contributed by atoms with E-state index in [0.717, 1.165) is 16.9 Å². The zero-order valence-electron chi connectivity index (χ0n) is 16.7. The van der Waals surface area contributed by atoms with Gasteiger partial charge in [0.2, 0.25) is 0 Å². The Labute approximate surface area is 175 Å². The fourth-order valence-electron chi connectivity index (χ4n) is 2.93. The van der Waals surface area contributed by atoms with Gasteiger partial charge >= 0.3 is 0 Å².